The summed E-state index contributed by atoms with van der Waals surface area (Å²) in [6.45, 7) is 1.80. The summed E-state index contributed by atoms with van der Waals surface area (Å²) < 4.78 is 17.7. The van der Waals surface area contributed by atoms with Crippen molar-refractivity contribution in [2.45, 2.75) is 6.92 Å². The van der Waals surface area contributed by atoms with Crippen LogP contribution in [0.3, 0.4) is 0 Å². The zero-order valence-corrected chi connectivity index (χ0v) is 8.40. The Bertz CT molecular complexity index is 422. The fourth-order valence-electron chi connectivity index (χ4n) is 1.02. The number of rotatable bonds is 3. The molecule has 0 fully saturated rings. The molecule has 0 atom stereocenters. The third-order valence-corrected chi connectivity index (χ3v) is 1.67. The van der Waals surface area contributed by atoms with Gasteiger partial charge < -0.3 is 4.74 Å². The summed E-state index contributed by atoms with van der Waals surface area (Å²) in [5.74, 6) is -1.01. The molecule has 1 aromatic carbocycles. The molecule has 1 N–H and O–H groups in total. The minimum atomic E-state index is -1.01. The van der Waals surface area contributed by atoms with Gasteiger partial charge in [-0.05, 0) is 13.0 Å². The summed E-state index contributed by atoms with van der Waals surface area (Å²) in [6.07, 6.45) is -0.740. The Morgan fingerprint density at radius 3 is 2.81 bits per heavy atom. The molecule has 0 aliphatic carbocycles. The maximum Gasteiger partial charge on any atom is 0.411 e. The van der Waals surface area contributed by atoms with E-state index < -0.39 is 22.5 Å². The molecule has 1 amide bonds. The highest BCUT2D eigenvalue weighted by Gasteiger charge is 2.14. The molecular weight excluding hydrogens is 219 g/mol. The van der Waals surface area contributed by atoms with Crippen LogP contribution in [0, 0.1) is 15.9 Å². The van der Waals surface area contributed by atoms with Crippen LogP contribution in [0.2, 0.25) is 0 Å². The van der Waals surface area contributed by atoms with E-state index in [1.165, 1.54) is 6.07 Å². The summed E-state index contributed by atoms with van der Waals surface area (Å²) >= 11 is 0. The summed E-state index contributed by atoms with van der Waals surface area (Å²) in [4.78, 5) is 20.4. The van der Waals surface area contributed by atoms with Gasteiger partial charge in [-0.2, -0.15) is 4.39 Å². The highest BCUT2D eigenvalue weighted by atomic mass is 19.1. The molecule has 0 aromatic heterocycles. The first kappa shape index (κ1) is 11.9. The zero-order valence-electron chi connectivity index (χ0n) is 8.40. The van der Waals surface area contributed by atoms with Gasteiger partial charge in [-0.25, -0.2) is 4.79 Å². The van der Waals surface area contributed by atoms with Crippen molar-refractivity contribution in [1.82, 2.24) is 0 Å². The molecule has 0 aliphatic rings. The number of nitro groups is 1. The Hall–Kier alpha value is -2.18. The highest BCUT2D eigenvalue weighted by molar-refractivity contribution is 5.84. The van der Waals surface area contributed by atoms with Crippen LogP contribution in [0.15, 0.2) is 18.2 Å². The Morgan fingerprint density at radius 2 is 2.31 bits per heavy atom. The quantitative estimate of drug-likeness (QED) is 0.635. The topological polar surface area (TPSA) is 81.5 Å². The molecule has 0 bridgehead atoms. The molecule has 0 aliphatic heterocycles. The molecule has 6 nitrogen and oxygen atoms in total. The van der Waals surface area contributed by atoms with Gasteiger partial charge >= 0.3 is 11.8 Å². The standard InChI is InChI=1S/C9H9FN2O4/c1-2-16-9(13)11-6-3-4-8(12(14)15)7(10)5-6/h3-5H,2H2,1H3,(H,11,13). The number of hydrogen-bond acceptors (Lipinski definition) is 4. The average Bonchev–Trinajstić information content (AvgIpc) is 2.17. The Labute approximate surface area is 90.2 Å². The molecule has 0 radical (unpaired) electrons. The van der Waals surface area contributed by atoms with E-state index in [4.69, 9.17) is 0 Å². The highest BCUT2D eigenvalue weighted by Crippen LogP contribution is 2.20. The number of halogens is 1. The number of hydrogen-bond donors (Lipinski definition) is 1. The minimum Gasteiger partial charge on any atom is -0.450 e. The van der Waals surface area contributed by atoms with Crippen molar-refractivity contribution >= 4 is 17.5 Å². The Balaban J connectivity index is 2.81. The Morgan fingerprint density at radius 1 is 1.62 bits per heavy atom. The molecule has 0 spiro atoms. The van der Waals surface area contributed by atoms with Gasteiger partial charge in [-0.1, -0.05) is 0 Å². The lowest BCUT2D eigenvalue weighted by molar-refractivity contribution is -0.387. The average molecular weight is 228 g/mol. The normalized spacial score (nSPS) is 9.62. The van der Waals surface area contributed by atoms with Crippen LogP contribution in [0.1, 0.15) is 6.92 Å². The van der Waals surface area contributed by atoms with Gasteiger partial charge in [0.2, 0.25) is 5.82 Å². The van der Waals surface area contributed by atoms with E-state index in [-0.39, 0.29) is 12.3 Å². The van der Waals surface area contributed by atoms with E-state index in [0.717, 1.165) is 12.1 Å². The largest absolute Gasteiger partial charge is 0.450 e. The van der Waals surface area contributed by atoms with Crippen molar-refractivity contribution in [3.05, 3.63) is 34.1 Å². The Kier molecular flexibility index (Phi) is 3.76. The zero-order chi connectivity index (χ0) is 12.1. The van der Waals surface area contributed by atoms with Crippen molar-refractivity contribution < 1.29 is 18.8 Å². The van der Waals surface area contributed by atoms with Gasteiger partial charge in [0.25, 0.3) is 0 Å². The summed E-state index contributed by atoms with van der Waals surface area (Å²) in [7, 11) is 0. The molecule has 1 rings (SSSR count). The number of ether oxygens (including phenoxy) is 1. The second-order valence-electron chi connectivity index (χ2n) is 2.77. The predicted molar refractivity (Wildman–Crippen MR) is 53.7 cm³/mol. The van der Waals surface area contributed by atoms with E-state index in [0.29, 0.717) is 0 Å². The SMILES string of the molecule is CCOC(=O)Nc1ccc([N+](=O)[O-])c(F)c1. The van der Waals surface area contributed by atoms with E-state index in [2.05, 4.69) is 10.1 Å². The fraction of sp³-hybridized carbons (Fsp3) is 0.222. The van der Waals surface area contributed by atoms with Crippen LogP contribution >= 0.6 is 0 Å². The van der Waals surface area contributed by atoms with Crippen LogP contribution < -0.4 is 5.32 Å². The lowest BCUT2D eigenvalue weighted by Gasteiger charge is -2.04. The van der Waals surface area contributed by atoms with Crippen LogP contribution in [-0.2, 0) is 4.74 Å². The predicted octanol–water partition coefficient (Wildman–Crippen LogP) is 2.30. The number of carbonyl (C=O) groups is 1. The van der Waals surface area contributed by atoms with Gasteiger partial charge in [0.05, 0.1) is 11.5 Å². The molecule has 7 heteroatoms. The van der Waals surface area contributed by atoms with Crippen LogP contribution in [0.4, 0.5) is 20.6 Å². The molecule has 0 unspecified atom stereocenters. The number of benzene rings is 1. The molecular formula is C9H9FN2O4. The summed E-state index contributed by atoms with van der Waals surface area (Å²) in [5, 5.41) is 12.5. The van der Waals surface area contributed by atoms with Gasteiger partial charge in [0.1, 0.15) is 0 Å². The molecule has 1 aromatic rings. The van der Waals surface area contributed by atoms with Crippen molar-refractivity contribution in [3.63, 3.8) is 0 Å². The first-order valence-corrected chi connectivity index (χ1v) is 4.42. The van der Waals surface area contributed by atoms with Gasteiger partial charge in [0.15, 0.2) is 0 Å². The maximum atomic E-state index is 13.1. The van der Waals surface area contributed by atoms with E-state index in [1.807, 2.05) is 0 Å². The minimum absolute atomic E-state index is 0.0987. The third-order valence-electron chi connectivity index (χ3n) is 1.67. The number of nitrogens with one attached hydrogen (secondary N) is 1. The molecule has 0 saturated heterocycles. The van der Waals surface area contributed by atoms with Gasteiger partial charge in [0, 0.05) is 17.8 Å². The number of nitro benzene ring substituents is 1. The lowest BCUT2D eigenvalue weighted by Crippen LogP contribution is -2.13. The molecule has 16 heavy (non-hydrogen) atoms. The molecule has 86 valence electrons. The second kappa shape index (κ2) is 5.06. The van der Waals surface area contributed by atoms with Gasteiger partial charge in [-0.3, -0.25) is 15.4 Å². The maximum absolute atomic E-state index is 13.1. The fourth-order valence-corrected chi connectivity index (χ4v) is 1.02. The summed E-state index contributed by atoms with van der Waals surface area (Å²) in [5.41, 5.74) is -0.545. The van der Waals surface area contributed by atoms with Gasteiger partial charge in [-0.15, -0.1) is 0 Å². The summed E-state index contributed by atoms with van der Waals surface area (Å²) in [6, 6.07) is 3.05. The first-order chi connectivity index (χ1) is 7.54. The molecule has 0 saturated carbocycles. The van der Waals surface area contributed by atoms with Crippen molar-refractivity contribution in [1.29, 1.82) is 0 Å². The number of anilines is 1. The van der Waals surface area contributed by atoms with E-state index >= 15 is 0 Å². The van der Waals surface area contributed by atoms with Crippen molar-refractivity contribution in [2.24, 2.45) is 0 Å². The van der Waals surface area contributed by atoms with Crippen LogP contribution in [0.25, 0.3) is 0 Å². The third kappa shape index (κ3) is 2.91. The number of nitrogens with zero attached hydrogens (tertiary/aromatic N) is 1. The second-order valence-corrected chi connectivity index (χ2v) is 2.77. The van der Waals surface area contributed by atoms with Crippen molar-refractivity contribution in [2.75, 3.05) is 11.9 Å². The molecule has 0 heterocycles. The lowest BCUT2D eigenvalue weighted by atomic mass is 10.3. The van der Waals surface area contributed by atoms with Crippen LogP contribution in [-0.4, -0.2) is 17.6 Å². The number of amides is 1. The number of carbonyl (C=O) groups excluding carboxylic acids is 1. The van der Waals surface area contributed by atoms with E-state index in [1.54, 1.807) is 6.92 Å². The smallest absolute Gasteiger partial charge is 0.411 e. The van der Waals surface area contributed by atoms with Crippen molar-refractivity contribution in [3.8, 4) is 0 Å². The monoisotopic (exact) mass is 228 g/mol. The first-order valence-electron chi connectivity index (χ1n) is 4.42. The van der Waals surface area contributed by atoms with Crippen LogP contribution in [0.5, 0.6) is 0 Å². The van der Waals surface area contributed by atoms with E-state index in [9.17, 15) is 19.3 Å².